The fourth-order valence-electron chi connectivity index (χ4n) is 2.40. The van der Waals surface area contributed by atoms with Crippen molar-refractivity contribution in [2.45, 2.75) is 38.6 Å². The molecule has 1 amide bonds. The zero-order chi connectivity index (χ0) is 19.3. The van der Waals surface area contributed by atoms with E-state index in [1.807, 2.05) is 19.9 Å². The van der Waals surface area contributed by atoms with Gasteiger partial charge in [0.25, 0.3) is 0 Å². The molecule has 7 heteroatoms. The monoisotopic (exact) mass is 376 g/mol. The second kappa shape index (κ2) is 8.33. The van der Waals surface area contributed by atoms with E-state index in [2.05, 4.69) is 10.0 Å². The Hall–Kier alpha value is -2.38. The predicted octanol–water partition coefficient (Wildman–Crippen LogP) is 3.01. The molecule has 0 spiro atoms. The zero-order valence-electron chi connectivity index (χ0n) is 15.4. The maximum absolute atomic E-state index is 12.6. The van der Waals surface area contributed by atoms with E-state index >= 15 is 0 Å². The molecule has 0 aliphatic heterocycles. The molecule has 2 aromatic rings. The van der Waals surface area contributed by atoms with Gasteiger partial charge in [0.2, 0.25) is 15.9 Å². The minimum absolute atomic E-state index is 0.179. The van der Waals surface area contributed by atoms with Crippen LogP contribution in [0.3, 0.4) is 0 Å². The van der Waals surface area contributed by atoms with E-state index < -0.39 is 22.0 Å². The molecule has 1 atom stereocenters. The van der Waals surface area contributed by atoms with Crippen molar-refractivity contribution in [1.29, 1.82) is 0 Å². The smallest absolute Gasteiger partial charge is 0.242 e. The van der Waals surface area contributed by atoms with Gasteiger partial charge in [0.15, 0.2) is 0 Å². The van der Waals surface area contributed by atoms with Crippen LogP contribution in [0.15, 0.2) is 47.4 Å². The fourth-order valence-corrected chi connectivity index (χ4v) is 3.93. The van der Waals surface area contributed by atoms with E-state index in [1.54, 1.807) is 43.3 Å². The van der Waals surface area contributed by atoms with E-state index in [9.17, 15) is 13.2 Å². The number of carbonyl (C=O) groups is 1. The summed E-state index contributed by atoms with van der Waals surface area (Å²) in [5.41, 5.74) is 2.03. The number of ether oxygens (including phenoxy) is 1. The normalized spacial score (nSPS) is 12.5. The maximum Gasteiger partial charge on any atom is 0.242 e. The molecular formula is C19H24N2O4S. The topological polar surface area (TPSA) is 84.5 Å². The molecule has 6 nitrogen and oxygen atoms in total. The number of aryl methyl sites for hydroxylation is 2. The standard InChI is InChI=1S/C19H24N2O4S/c1-5-25-17-10-8-16(9-11-17)20-19(22)15(4)21-26(23,24)18-12-13(2)6-7-14(18)3/h6-12,15,21H,5H2,1-4H3,(H,20,22)/t15-/m1/s1. The molecule has 0 saturated heterocycles. The molecule has 26 heavy (non-hydrogen) atoms. The summed E-state index contributed by atoms with van der Waals surface area (Å²) in [7, 11) is -3.79. The highest BCUT2D eigenvalue weighted by molar-refractivity contribution is 7.89. The largest absolute Gasteiger partial charge is 0.494 e. The summed E-state index contributed by atoms with van der Waals surface area (Å²) in [6.45, 7) is 7.49. The van der Waals surface area contributed by atoms with Gasteiger partial charge in [-0.3, -0.25) is 4.79 Å². The van der Waals surface area contributed by atoms with Crippen molar-refractivity contribution in [3.8, 4) is 5.75 Å². The second-order valence-electron chi connectivity index (χ2n) is 6.06. The number of carbonyl (C=O) groups excluding carboxylic acids is 1. The van der Waals surface area contributed by atoms with E-state index in [-0.39, 0.29) is 4.90 Å². The Kier molecular flexibility index (Phi) is 6.39. The number of hydrogen-bond donors (Lipinski definition) is 2. The van der Waals surface area contributed by atoms with Crippen molar-refractivity contribution in [3.05, 3.63) is 53.6 Å². The summed E-state index contributed by atoms with van der Waals surface area (Å²) in [5, 5.41) is 2.69. The molecule has 0 unspecified atom stereocenters. The average molecular weight is 376 g/mol. The lowest BCUT2D eigenvalue weighted by molar-refractivity contribution is -0.117. The zero-order valence-corrected chi connectivity index (χ0v) is 16.2. The lowest BCUT2D eigenvalue weighted by Crippen LogP contribution is -2.41. The molecule has 0 aromatic heterocycles. The van der Waals surface area contributed by atoms with Crippen molar-refractivity contribution in [2.24, 2.45) is 0 Å². The number of nitrogens with one attached hydrogen (secondary N) is 2. The van der Waals surface area contributed by atoms with Crippen LogP contribution in [0.5, 0.6) is 5.75 Å². The van der Waals surface area contributed by atoms with Crippen LogP contribution in [-0.2, 0) is 14.8 Å². The highest BCUT2D eigenvalue weighted by Gasteiger charge is 2.23. The van der Waals surface area contributed by atoms with Crippen LogP contribution in [-0.4, -0.2) is 27.0 Å². The molecule has 0 aliphatic rings. The molecule has 2 aromatic carbocycles. The fraction of sp³-hybridized carbons (Fsp3) is 0.316. The molecule has 0 aliphatic carbocycles. The summed E-state index contributed by atoms with van der Waals surface area (Å²) in [4.78, 5) is 12.5. The van der Waals surface area contributed by atoms with Crippen LogP contribution in [0, 0.1) is 13.8 Å². The number of anilines is 1. The van der Waals surface area contributed by atoms with Gasteiger partial charge in [-0.15, -0.1) is 0 Å². The van der Waals surface area contributed by atoms with E-state index in [4.69, 9.17) is 4.74 Å². The molecule has 2 rings (SSSR count). The van der Waals surface area contributed by atoms with Gasteiger partial charge in [-0.05, 0) is 69.2 Å². The van der Waals surface area contributed by atoms with Crippen molar-refractivity contribution in [2.75, 3.05) is 11.9 Å². The van der Waals surface area contributed by atoms with Crippen LogP contribution < -0.4 is 14.8 Å². The molecule has 140 valence electrons. The molecule has 2 N–H and O–H groups in total. The van der Waals surface area contributed by atoms with Gasteiger partial charge >= 0.3 is 0 Å². The minimum atomic E-state index is -3.79. The lowest BCUT2D eigenvalue weighted by atomic mass is 10.2. The van der Waals surface area contributed by atoms with E-state index in [0.29, 0.717) is 23.6 Å². The Morgan fingerprint density at radius 2 is 1.77 bits per heavy atom. The number of rotatable bonds is 7. The number of amides is 1. The highest BCUT2D eigenvalue weighted by atomic mass is 32.2. The van der Waals surface area contributed by atoms with Gasteiger partial charge in [0, 0.05) is 5.69 Å². The first-order chi connectivity index (χ1) is 12.2. The van der Waals surface area contributed by atoms with Gasteiger partial charge in [0.1, 0.15) is 5.75 Å². The first kappa shape index (κ1) is 19.9. The SMILES string of the molecule is CCOc1ccc(NC(=O)[C@@H](C)NS(=O)(=O)c2cc(C)ccc2C)cc1. The summed E-state index contributed by atoms with van der Waals surface area (Å²) < 4.78 is 32.9. The van der Waals surface area contributed by atoms with Crippen molar-refractivity contribution in [3.63, 3.8) is 0 Å². The van der Waals surface area contributed by atoms with Crippen LogP contribution >= 0.6 is 0 Å². The first-order valence-electron chi connectivity index (χ1n) is 8.36. The van der Waals surface area contributed by atoms with Gasteiger partial charge in [-0.2, -0.15) is 4.72 Å². The Labute approximate surface area is 154 Å². The molecule has 0 radical (unpaired) electrons. The Morgan fingerprint density at radius 1 is 1.12 bits per heavy atom. The Balaban J connectivity index is 2.07. The van der Waals surface area contributed by atoms with E-state index in [1.165, 1.54) is 6.92 Å². The molecule has 0 heterocycles. The van der Waals surface area contributed by atoms with E-state index in [0.717, 1.165) is 5.56 Å². The summed E-state index contributed by atoms with van der Waals surface area (Å²) in [5.74, 6) is 0.261. The third-order valence-corrected chi connectivity index (χ3v) is 5.47. The summed E-state index contributed by atoms with van der Waals surface area (Å²) in [6, 6.07) is 11.1. The first-order valence-corrected chi connectivity index (χ1v) is 9.84. The van der Waals surface area contributed by atoms with Crippen LogP contribution in [0.4, 0.5) is 5.69 Å². The number of benzene rings is 2. The van der Waals surface area contributed by atoms with Crippen molar-refractivity contribution >= 4 is 21.6 Å². The third kappa shape index (κ3) is 5.06. The molecule has 0 bridgehead atoms. The third-order valence-electron chi connectivity index (χ3n) is 3.79. The van der Waals surface area contributed by atoms with Crippen LogP contribution in [0.2, 0.25) is 0 Å². The molecule has 0 saturated carbocycles. The summed E-state index contributed by atoms with van der Waals surface area (Å²) in [6.07, 6.45) is 0. The highest BCUT2D eigenvalue weighted by Crippen LogP contribution is 2.18. The van der Waals surface area contributed by atoms with Crippen LogP contribution in [0.1, 0.15) is 25.0 Å². The Morgan fingerprint density at radius 3 is 2.38 bits per heavy atom. The van der Waals surface area contributed by atoms with Gasteiger partial charge in [-0.25, -0.2) is 8.42 Å². The van der Waals surface area contributed by atoms with Crippen LogP contribution in [0.25, 0.3) is 0 Å². The lowest BCUT2D eigenvalue weighted by Gasteiger charge is -2.16. The number of sulfonamides is 1. The second-order valence-corrected chi connectivity index (χ2v) is 7.74. The maximum atomic E-state index is 12.6. The van der Waals surface area contributed by atoms with Gasteiger partial charge in [0.05, 0.1) is 17.5 Å². The van der Waals surface area contributed by atoms with Gasteiger partial charge in [-0.1, -0.05) is 12.1 Å². The Bertz CT molecular complexity index is 877. The average Bonchev–Trinajstić information content (AvgIpc) is 2.58. The summed E-state index contributed by atoms with van der Waals surface area (Å²) >= 11 is 0. The predicted molar refractivity (Wildman–Crippen MR) is 102 cm³/mol. The molecule has 0 fully saturated rings. The molecular weight excluding hydrogens is 352 g/mol. The minimum Gasteiger partial charge on any atom is -0.494 e. The van der Waals surface area contributed by atoms with Crippen molar-refractivity contribution < 1.29 is 17.9 Å². The van der Waals surface area contributed by atoms with Gasteiger partial charge < -0.3 is 10.1 Å². The van der Waals surface area contributed by atoms with Crippen molar-refractivity contribution in [1.82, 2.24) is 4.72 Å². The number of hydrogen-bond acceptors (Lipinski definition) is 4. The quantitative estimate of drug-likeness (QED) is 0.778.